The molecule has 0 aliphatic carbocycles. The molecule has 0 spiro atoms. The first-order chi connectivity index (χ1) is 7.31. The highest BCUT2D eigenvalue weighted by atomic mass is 32.2. The van der Waals surface area contributed by atoms with Gasteiger partial charge in [0.1, 0.15) is 0 Å². The molecule has 0 radical (unpaired) electrons. The van der Waals surface area contributed by atoms with Crippen LogP contribution in [-0.2, 0) is 10.0 Å². The number of alkyl halides is 2. The molecule has 16 heavy (non-hydrogen) atoms. The summed E-state index contributed by atoms with van der Waals surface area (Å²) in [5, 5.41) is 0. The predicted molar refractivity (Wildman–Crippen MR) is 56.9 cm³/mol. The first-order valence-corrected chi connectivity index (χ1v) is 6.22. The average molecular weight is 249 g/mol. The zero-order valence-electron chi connectivity index (χ0n) is 8.78. The summed E-state index contributed by atoms with van der Waals surface area (Å²) < 4.78 is 50.2. The van der Waals surface area contributed by atoms with Gasteiger partial charge in [0.25, 0.3) is 0 Å². The SMILES string of the molecule is CC(F)(F)CCNS(=O)(=O)c1ccccc1. The molecule has 0 atom stereocenters. The molecule has 1 aromatic carbocycles. The molecule has 0 unspecified atom stereocenters. The molecular formula is C10H13F2NO2S. The summed E-state index contributed by atoms with van der Waals surface area (Å²) in [4.78, 5) is 0.0782. The standard InChI is InChI=1S/C10H13F2NO2S/c1-10(11,12)7-8-13-16(14,15)9-5-3-2-4-6-9/h2-6,13H,7-8H2,1H3. The van der Waals surface area contributed by atoms with Gasteiger partial charge in [-0.1, -0.05) is 18.2 Å². The number of hydrogen-bond donors (Lipinski definition) is 1. The lowest BCUT2D eigenvalue weighted by molar-refractivity contribution is 0.0148. The zero-order valence-corrected chi connectivity index (χ0v) is 9.60. The van der Waals surface area contributed by atoms with Crippen molar-refractivity contribution in [2.24, 2.45) is 0 Å². The van der Waals surface area contributed by atoms with Gasteiger partial charge in [0.05, 0.1) is 4.90 Å². The Morgan fingerprint density at radius 1 is 1.25 bits per heavy atom. The van der Waals surface area contributed by atoms with Crippen LogP contribution in [0.5, 0.6) is 0 Å². The Kier molecular flexibility index (Phi) is 3.98. The number of sulfonamides is 1. The maximum Gasteiger partial charge on any atom is 0.246 e. The second-order valence-electron chi connectivity index (χ2n) is 3.53. The lowest BCUT2D eigenvalue weighted by Crippen LogP contribution is -2.28. The summed E-state index contributed by atoms with van der Waals surface area (Å²) in [6.07, 6.45) is -0.515. The summed E-state index contributed by atoms with van der Waals surface area (Å²) in [5.74, 6) is -2.86. The van der Waals surface area contributed by atoms with E-state index in [0.29, 0.717) is 0 Å². The third-order valence-electron chi connectivity index (χ3n) is 1.91. The minimum Gasteiger partial charge on any atom is -0.211 e. The first kappa shape index (κ1) is 13.1. The van der Waals surface area contributed by atoms with E-state index in [-0.39, 0.29) is 11.4 Å². The van der Waals surface area contributed by atoms with Crippen LogP contribution in [0.15, 0.2) is 35.2 Å². The molecule has 1 rings (SSSR count). The maximum absolute atomic E-state index is 12.5. The van der Waals surface area contributed by atoms with Crippen molar-refractivity contribution in [2.75, 3.05) is 6.54 Å². The number of nitrogens with one attached hydrogen (secondary N) is 1. The van der Waals surface area contributed by atoms with E-state index in [9.17, 15) is 17.2 Å². The highest BCUT2D eigenvalue weighted by Crippen LogP contribution is 2.16. The van der Waals surface area contributed by atoms with Crippen LogP contribution in [-0.4, -0.2) is 20.9 Å². The van der Waals surface area contributed by atoms with Crippen LogP contribution in [0, 0.1) is 0 Å². The van der Waals surface area contributed by atoms with Crippen LogP contribution in [0.3, 0.4) is 0 Å². The van der Waals surface area contributed by atoms with Crippen molar-refractivity contribution >= 4 is 10.0 Å². The Bertz CT molecular complexity index is 426. The van der Waals surface area contributed by atoms with Crippen molar-refractivity contribution < 1.29 is 17.2 Å². The molecule has 0 bridgehead atoms. The first-order valence-electron chi connectivity index (χ1n) is 4.74. The maximum atomic E-state index is 12.5. The molecule has 0 saturated carbocycles. The largest absolute Gasteiger partial charge is 0.246 e. The van der Waals surface area contributed by atoms with Gasteiger partial charge in [-0.25, -0.2) is 21.9 Å². The van der Waals surface area contributed by atoms with Crippen molar-refractivity contribution in [3.05, 3.63) is 30.3 Å². The minimum absolute atomic E-state index is 0.0782. The monoisotopic (exact) mass is 249 g/mol. The molecule has 0 fully saturated rings. The van der Waals surface area contributed by atoms with Crippen LogP contribution < -0.4 is 4.72 Å². The number of halogens is 2. The van der Waals surface area contributed by atoms with E-state index in [1.54, 1.807) is 18.2 Å². The van der Waals surface area contributed by atoms with E-state index in [4.69, 9.17) is 0 Å². The molecule has 0 aliphatic heterocycles. The molecule has 90 valence electrons. The van der Waals surface area contributed by atoms with Crippen molar-refractivity contribution in [2.45, 2.75) is 24.2 Å². The van der Waals surface area contributed by atoms with Gasteiger partial charge >= 0.3 is 0 Å². The number of hydrogen-bond acceptors (Lipinski definition) is 2. The summed E-state index contributed by atoms with van der Waals surface area (Å²) in [6, 6.07) is 7.64. The van der Waals surface area contributed by atoms with Crippen molar-refractivity contribution in [1.82, 2.24) is 4.72 Å². The minimum atomic E-state index is -3.67. The molecule has 0 heterocycles. The van der Waals surface area contributed by atoms with E-state index >= 15 is 0 Å². The molecule has 0 aliphatic rings. The van der Waals surface area contributed by atoms with Gasteiger partial charge < -0.3 is 0 Å². The molecule has 0 amide bonds. The van der Waals surface area contributed by atoms with E-state index in [1.807, 2.05) is 0 Å². The Hall–Kier alpha value is -1.01. The molecule has 0 saturated heterocycles. The molecule has 0 aromatic heterocycles. The summed E-state index contributed by atoms with van der Waals surface area (Å²) >= 11 is 0. The molecule has 3 nitrogen and oxygen atoms in total. The second-order valence-corrected chi connectivity index (χ2v) is 5.30. The number of rotatable bonds is 5. The average Bonchev–Trinajstić information content (AvgIpc) is 2.17. The van der Waals surface area contributed by atoms with E-state index in [0.717, 1.165) is 6.92 Å². The molecule has 1 aromatic rings. The smallest absolute Gasteiger partial charge is 0.211 e. The van der Waals surface area contributed by atoms with Crippen LogP contribution in [0.2, 0.25) is 0 Å². The fraction of sp³-hybridized carbons (Fsp3) is 0.400. The van der Waals surface area contributed by atoms with Gasteiger partial charge in [-0.3, -0.25) is 0 Å². The molecule has 1 N–H and O–H groups in total. The Balaban J connectivity index is 2.61. The van der Waals surface area contributed by atoms with Crippen LogP contribution in [0.4, 0.5) is 8.78 Å². The van der Waals surface area contributed by atoms with Crippen molar-refractivity contribution in [3.8, 4) is 0 Å². The normalized spacial score (nSPS) is 12.7. The van der Waals surface area contributed by atoms with E-state index in [2.05, 4.69) is 4.72 Å². The van der Waals surface area contributed by atoms with Crippen LogP contribution in [0.1, 0.15) is 13.3 Å². The number of benzene rings is 1. The van der Waals surface area contributed by atoms with Gasteiger partial charge in [0.2, 0.25) is 15.9 Å². The van der Waals surface area contributed by atoms with Crippen LogP contribution >= 0.6 is 0 Å². The summed E-state index contributed by atoms with van der Waals surface area (Å²) in [5.41, 5.74) is 0. The lowest BCUT2D eigenvalue weighted by atomic mass is 10.3. The third-order valence-corrected chi connectivity index (χ3v) is 3.39. The van der Waals surface area contributed by atoms with Crippen molar-refractivity contribution in [1.29, 1.82) is 0 Å². The topological polar surface area (TPSA) is 46.2 Å². The van der Waals surface area contributed by atoms with Crippen molar-refractivity contribution in [3.63, 3.8) is 0 Å². The molecule has 6 heteroatoms. The highest BCUT2D eigenvalue weighted by Gasteiger charge is 2.22. The fourth-order valence-corrected chi connectivity index (χ4v) is 2.14. The Labute approximate surface area is 93.5 Å². The highest BCUT2D eigenvalue weighted by molar-refractivity contribution is 7.89. The second kappa shape index (κ2) is 4.88. The van der Waals surface area contributed by atoms with E-state index in [1.165, 1.54) is 12.1 Å². The van der Waals surface area contributed by atoms with Gasteiger partial charge in [0.15, 0.2) is 0 Å². The zero-order chi connectivity index (χ0) is 12.2. The van der Waals surface area contributed by atoms with Gasteiger partial charge in [0, 0.05) is 13.0 Å². The Morgan fingerprint density at radius 3 is 2.31 bits per heavy atom. The van der Waals surface area contributed by atoms with Crippen LogP contribution in [0.25, 0.3) is 0 Å². The molecular weight excluding hydrogens is 236 g/mol. The van der Waals surface area contributed by atoms with Gasteiger partial charge in [-0.15, -0.1) is 0 Å². The third kappa shape index (κ3) is 4.24. The van der Waals surface area contributed by atoms with Gasteiger partial charge in [-0.05, 0) is 19.1 Å². The predicted octanol–water partition coefficient (Wildman–Crippen LogP) is 2.01. The Morgan fingerprint density at radius 2 is 1.81 bits per heavy atom. The fourth-order valence-electron chi connectivity index (χ4n) is 1.09. The van der Waals surface area contributed by atoms with E-state index < -0.39 is 22.4 Å². The summed E-state index contributed by atoms with van der Waals surface area (Å²) in [7, 11) is -3.67. The lowest BCUT2D eigenvalue weighted by Gasteiger charge is -2.10. The van der Waals surface area contributed by atoms with Gasteiger partial charge in [-0.2, -0.15) is 0 Å². The quantitative estimate of drug-likeness (QED) is 0.867. The summed E-state index contributed by atoms with van der Waals surface area (Å²) in [6.45, 7) is 0.477.